The largest absolute Gasteiger partial charge is 0.479 e. The van der Waals surface area contributed by atoms with Gasteiger partial charge in [-0.15, -0.1) is 0 Å². The molecule has 4 atom stereocenters. The monoisotopic (exact) mass is 213 g/mol. The number of hydrogen-bond acceptors (Lipinski definition) is 3. The second-order valence-corrected chi connectivity index (χ2v) is 4.79. The highest BCUT2D eigenvalue weighted by atomic mass is 16.5. The summed E-state index contributed by atoms with van der Waals surface area (Å²) >= 11 is 0. The van der Waals surface area contributed by atoms with Crippen molar-refractivity contribution >= 4 is 5.97 Å². The first-order valence-electron chi connectivity index (χ1n) is 5.76. The highest BCUT2D eigenvalue weighted by molar-refractivity contribution is 5.72. The molecule has 86 valence electrons. The number of hydrogen-bond donors (Lipinski definition) is 2. The molecule has 2 rings (SSSR count). The minimum Gasteiger partial charge on any atom is -0.479 e. The molecule has 1 heterocycles. The summed E-state index contributed by atoms with van der Waals surface area (Å²) < 4.78 is 5.39. The standard InChI is InChI=1S/C11H19NO3/c1-7-4-8(7)5-12-6-9-2-3-10(15-9)11(13)14/h7-10,12H,2-6H2,1H3,(H,13,14). The number of nitrogens with one attached hydrogen (secondary N) is 1. The van der Waals surface area contributed by atoms with E-state index < -0.39 is 12.1 Å². The third-order valence-electron chi connectivity index (χ3n) is 3.44. The smallest absolute Gasteiger partial charge is 0.332 e. The van der Waals surface area contributed by atoms with Gasteiger partial charge in [0.25, 0.3) is 0 Å². The van der Waals surface area contributed by atoms with E-state index in [0.29, 0.717) is 6.42 Å². The van der Waals surface area contributed by atoms with Crippen molar-refractivity contribution in [3.8, 4) is 0 Å². The lowest BCUT2D eigenvalue weighted by molar-refractivity contribution is -0.149. The van der Waals surface area contributed by atoms with Gasteiger partial charge >= 0.3 is 5.97 Å². The van der Waals surface area contributed by atoms with Crippen LogP contribution in [0.2, 0.25) is 0 Å². The van der Waals surface area contributed by atoms with Crippen LogP contribution >= 0.6 is 0 Å². The summed E-state index contributed by atoms with van der Waals surface area (Å²) in [7, 11) is 0. The lowest BCUT2D eigenvalue weighted by Gasteiger charge is -2.11. The predicted molar refractivity (Wildman–Crippen MR) is 55.7 cm³/mol. The first kappa shape index (κ1) is 10.9. The van der Waals surface area contributed by atoms with Crippen LogP contribution in [-0.2, 0) is 9.53 Å². The van der Waals surface area contributed by atoms with Gasteiger partial charge in [0.2, 0.25) is 0 Å². The van der Waals surface area contributed by atoms with Gasteiger partial charge < -0.3 is 15.2 Å². The highest BCUT2D eigenvalue weighted by Crippen LogP contribution is 2.36. The number of rotatable bonds is 5. The molecule has 2 aliphatic rings. The molecule has 0 spiro atoms. The van der Waals surface area contributed by atoms with E-state index in [0.717, 1.165) is 31.3 Å². The van der Waals surface area contributed by atoms with E-state index in [1.807, 2.05) is 0 Å². The number of ether oxygens (including phenoxy) is 1. The molecule has 1 saturated heterocycles. The molecule has 0 radical (unpaired) electrons. The van der Waals surface area contributed by atoms with E-state index in [4.69, 9.17) is 9.84 Å². The van der Waals surface area contributed by atoms with E-state index in [-0.39, 0.29) is 6.10 Å². The van der Waals surface area contributed by atoms with Crippen LogP contribution in [0.1, 0.15) is 26.2 Å². The van der Waals surface area contributed by atoms with E-state index in [1.165, 1.54) is 6.42 Å². The Bertz CT molecular complexity index is 244. The second kappa shape index (κ2) is 4.49. The van der Waals surface area contributed by atoms with Gasteiger partial charge in [0.05, 0.1) is 6.10 Å². The Hall–Kier alpha value is -0.610. The Morgan fingerprint density at radius 3 is 2.73 bits per heavy atom. The minimum atomic E-state index is -0.826. The molecule has 1 aliphatic heterocycles. The molecule has 0 aromatic carbocycles. The van der Waals surface area contributed by atoms with Gasteiger partial charge in [-0.2, -0.15) is 0 Å². The van der Waals surface area contributed by atoms with Crippen molar-refractivity contribution in [1.29, 1.82) is 0 Å². The first-order valence-corrected chi connectivity index (χ1v) is 5.76. The molecule has 0 aromatic rings. The number of carboxylic acids is 1. The van der Waals surface area contributed by atoms with Gasteiger partial charge in [-0.25, -0.2) is 4.79 Å². The Labute approximate surface area is 90.0 Å². The summed E-state index contributed by atoms with van der Waals surface area (Å²) in [4.78, 5) is 10.6. The molecule has 4 heteroatoms. The molecule has 0 aromatic heterocycles. The molecule has 4 nitrogen and oxygen atoms in total. The fraction of sp³-hybridized carbons (Fsp3) is 0.909. The molecule has 4 unspecified atom stereocenters. The van der Waals surface area contributed by atoms with Crippen molar-refractivity contribution < 1.29 is 14.6 Å². The zero-order valence-electron chi connectivity index (χ0n) is 9.11. The summed E-state index contributed by atoms with van der Waals surface area (Å²) in [5.41, 5.74) is 0. The molecular weight excluding hydrogens is 194 g/mol. The normalized spacial score (nSPS) is 39.3. The first-order chi connectivity index (χ1) is 7.16. The fourth-order valence-corrected chi connectivity index (χ4v) is 2.15. The molecule has 1 aliphatic carbocycles. The summed E-state index contributed by atoms with van der Waals surface area (Å²) in [6.45, 7) is 4.12. The van der Waals surface area contributed by atoms with Gasteiger partial charge in [-0.05, 0) is 37.6 Å². The van der Waals surface area contributed by atoms with Crippen LogP contribution in [0.4, 0.5) is 0 Å². The van der Waals surface area contributed by atoms with Crippen LogP contribution < -0.4 is 5.32 Å². The number of carboxylic acid groups (broad SMARTS) is 1. The van der Waals surface area contributed by atoms with E-state index in [9.17, 15) is 4.79 Å². The van der Waals surface area contributed by atoms with Gasteiger partial charge in [0, 0.05) is 6.54 Å². The average molecular weight is 213 g/mol. The Morgan fingerprint density at radius 2 is 2.20 bits per heavy atom. The predicted octanol–water partition coefficient (Wildman–Crippen LogP) is 0.864. The SMILES string of the molecule is CC1CC1CNCC1CCC(C(=O)O)O1. The Morgan fingerprint density at radius 1 is 1.47 bits per heavy atom. The van der Waals surface area contributed by atoms with Crippen LogP contribution in [0.25, 0.3) is 0 Å². The zero-order chi connectivity index (χ0) is 10.8. The van der Waals surface area contributed by atoms with Crippen LogP contribution in [0.5, 0.6) is 0 Å². The van der Waals surface area contributed by atoms with Crippen LogP contribution in [0, 0.1) is 11.8 Å². The topological polar surface area (TPSA) is 58.6 Å². The van der Waals surface area contributed by atoms with Gasteiger partial charge in [-0.1, -0.05) is 6.92 Å². The molecule has 1 saturated carbocycles. The lowest BCUT2D eigenvalue weighted by atomic mass is 10.2. The van der Waals surface area contributed by atoms with E-state index >= 15 is 0 Å². The van der Waals surface area contributed by atoms with Gasteiger partial charge in [0.1, 0.15) is 0 Å². The van der Waals surface area contributed by atoms with Crippen LogP contribution in [0.3, 0.4) is 0 Å². The van der Waals surface area contributed by atoms with Crippen LogP contribution in [0.15, 0.2) is 0 Å². The molecule has 15 heavy (non-hydrogen) atoms. The third kappa shape index (κ3) is 2.92. The molecule has 2 N–H and O–H groups in total. The van der Waals surface area contributed by atoms with Crippen molar-refractivity contribution in [3.05, 3.63) is 0 Å². The molecule has 0 amide bonds. The number of aliphatic carboxylic acids is 1. The maximum absolute atomic E-state index is 10.6. The summed E-state index contributed by atoms with van der Waals surface area (Å²) in [6, 6.07) is 0. The van der Waals surface area contributed by atoms with E-state index in [2.05, 4.69) is 12.2 Å². The quantitative estimate of drug-likeness (QED) is 0.711. The maximum atomic E-state index is 10.6. The summed E-state index contributed by atoms with van der Waals surface area (Å²) in [5.74, 6) is 0.878. The molecular formula is C11H19NO3. The third-order valence-corrected chi connectivity index (χ3v) is 3.44. The van der Waals surface area contributed by atoms with Crippen molar-refractivity contribution in [1.82, 2.24) is 5.32 Å². The minimum absolute atomic E-state index is 0.0974. The van der Waals surface area contributed by atoms with Gasteiger partial charge in [-0.3, -0.25) is 0 Å². The van der Waals surface area contributed by atoms with Crippen LogP contribution in [-0.4, -0.2) is 36.4 Å². The second-order valence-electron chi connectivity index (χ2n) is 4.79. The summed E-state index contributed by atoms with van der Waals surface area (Å²) in [5, 5.41) is 12.1. The van der Waals surface area contributed by atoms with Gasteiger partial charge in [0.15, 0.2) is 6.10 Å². The Balaban J connectivity index is 1.58. The van der Waals surface area contributed by atoms with Crippen molar-refractivity contribution in [3.63, 3.8) is 0 Å². The molecule has 0 bridgehead atoms. The Kier molecular flexibility index (Phi) is 3.26. The van der Waals surface area contributed by atoms with Crippen molar-refractivity contribution in [2.45, 2.75) is 38.4 Å². The highest BCUT2D eigenvalue weighted by Gasteiger charge is 2.33. The van der Waals surface area contributed by atoms with E-state index in [1.54, 1.807) is 0 Å². The summed E-state index contributed by atoms with van der Waals surface area (Å²) in [6.07, 6.45) is 2.37. The molecule has 2 fully saturated rings. The fourth-order valence-electron chi connectivity index (χ4n) is 2.15. The lowest BCUT2D eigenvalue weighted by Crippen LogP contribution is -2.30. The van der Waals surface area contributed by atoms with Crippen molar-refractivity contribution in [2.24, 2.45) is 11.8 Å². The number of carbonyl (C=O) groups is 1. The van der Waals surface area contributed by atoms with Crippen molar-refractivity contribution in [2.75, 3.05) is 13.1 Å². The average Bonchev–Trinajstić information content (AvgIpc) is 2.71. The maximum Gasteiger partial charge on any atom is 0.332 e. The zero-order valence-corrected chi connectivity index (χ0v) is 9.11.